The molecule has 1 aromatic rings. The van der Waals surface area contributed by atoms with Gasteiger partial charge in [-0.3, -0.25) is 14.5 Å². The van der Waals surface area contributed by atoms with Gasteiger partial charge in [-0.1, -0.05) is 12.1 Å². The number of nitrogens with one attached hydrogen (secondary N) is 1. The predicted molar refractivity (Wildman–Crippen MR) is 99.8 cm³/mol. The van der Waals surface area contributed by atoms with E-state index in [2.05, 4.69) is 10.2 Å². The number of likely N-dealkylation sites (tertiary alicyclic amines) is 1. The van der Waals surface area contributed by atoms with Crippen molar-refractivity contribution >= 4 is 11.8 Å². The number of halogens is 3. The van der Waals surface area contributed by atoms with E-state index in [9.17, 15) is 22.8 Å². The minimum Gasteiger partial charge on any atom is -0.379 e. The van der Waals surface area contributed by atoms with Crippen molar-refractivity contribution in [2.45, 2.75) is 32.1 Å². The molecule has 9 heteroatoms. The number of hydrogen-bond donors (Lipinski definition) is 1. The molecule has 0 radical (unpaired) electrons. The highest BCUT2D eigenvalue weighted by atomic mass is 19.4. The number of amides is 2. The van der Waals surface area contributed by atoms with Crippen molar-refractivity contribution in [1.82, 2.24) is 15.1 Å². The molecule has 2 saturated heterocycles. The minimum absolute atomic E-state index is 0.0662. The van der Waals surface area contributed by atoms with Gasteiger partial charge in [0.25, 0.3) is 0 Å². The monoisotopic (exact) mass is 413 g/mol. The quantitative estimate of drug-likeness (QED) is 0.774. The number of hydrogen-bond acceptors (Lipinski definition) is 4. The van der Waals surface area contributed by atoms with E-state index in [-0.39, 0.29) is 37.4 Å². The maximum absolute atomic E-state index is 12.9. The molecule has 2 aliphatic rings. The Hall–Kier alpha value is -2.13. The van der Waals surface area contributed by atoms with Crippen LogP contribution in [0.25, 0.3) is 0 Å². The van der Waals surface area contributed by atoms with Crippen molar-refractivity contribution < 1.29 is 27.5 Å². The van der Waals surface area contributed by atoms with Crippen LogP contribution in [0, 0.1) is 5.92 Å². The number of carbonyl (C=O) groups is 2. The molecule has 0 unspecified atom stereocenters. The zero-order valence-corrected chi connectivity index (χ0v) is 16.4. The van der Waals surface area contributed by atoms with Gasteiger partial charge in [0.15, 0.2) is 0 Å². The summed E-state index contributed by atoms with van der Waals surface area (Å²) >= 11 is 0. The van der Waals surface area contributed by atoms with Crippen LogP contribution >= 0.6 is 0 Å². The molecule has 160 valence electrons. The smallest absolute Gasteiger partial charge is 0.379 e. The van der Waals surface area contributed by atoms with Crippen molar-refractivity contribution in [3.05, 3.63) is 35.4 Å². The fraction of sp³-hybridized carbons (Fsp3) is 0.600. The highest BCUT2D eigenvalue weighted by Gasteiger charge is 2.35. The van der Waals surface area contributed by atoms with Gasteiger partial charge in [-0.05, 0) is 24.6 Å². The lowest BCUT2D eigenvalue weighted by Crippen LogP contribution is -2.48. The van der Waals surface area contributed by atoms with Crippen molar-refractivity contribution in [1.29, 1.82) is 0 Å². The molecule has 1 aromatic carbocycles. The normalized spacial score (nSPS) is 22.0. The number of alkyl halides is 3. The molecule has 2 amide bonds. The number of carbonyl (C=O) groups excluding carboxylic acids is 2. The summed E-state index contributed by atoms with van der Waals surface area (Å²) in [4.78, 5) is 28.4. The molecule has 3 rings (SSSR count). The molecule has 2 fully saturated rings. The van der Waals surface area contributed by atoms with E-state index in [0.29, 0.717) is 25.3 Å². The predicted octanol–water partition coefficient (Wildman–Crippen LogP) is 1.89. The molecule has 0 aromatic heterocycles. The van der Waals surface area contributed by atoms with E-state index in [1.54, 1.807) is 6.07 Å². The summed E-state index contributed by atoms with van der Waals surface area (Å²) < 4.78 is 43.9. The third-order valence-corrected chi connectivity index (χ3v) is 5.45. The van der Waals surface area contributed by atoms with Gasteiger partial charge in [-0.2, -0.15) is 13.2 Å². The Morgan fingerprint density at radius 1 is 1.31 bits per heavy atom. The lowest BCUT2D eigenvalue weighted by atomic mass is 10.1. The Balaban J connectivity index is 1.51. The van der Waals surface area contributed by atoms with Gasteiger partial charge in [0.1, 0.15) is 0 Å². The molecule has 2 heterocycles. The average Bonchev–Trinajstić information content (AvgIpc) is 3.06. The summed E-state index contributed by atoms with van der Waals surface area (Å²) in [5.41, 5.74) is -0.344. The van der Waals surface area contributed by atoms with E-state index in [4.69, 9.17) is 4.74 Å². The summed E-state index contributed by atoms with van der Waals surface area (Å²) in [6.45, 7) is 5.80. The second kappa shape index (κ2) is 9.13. The number of ether oxygens (including phenoxy) is 1. The zero-order valence-electron chi connectivity index (χ0n) is 16.4. The van der Waals surface area contributed by atoms with Crippen LogP contribution in [0.4, 0.5) is 13.2 Å². The summed E-state index contributed by atoms with van der Waals surface area (Å²) in [6, 6.07) is 5.10. The first-order valence-corrected chi connectivity index (χ1v) is 9.77. The Morgan fingerprint density at radius 3 is 2.72 bits per heavy atom. The second-order valence-electron chi connectivity index (χ2n) is 7.62. The van der Waals surface area contributed by atoms with Crippen LogP contribution in [0.3, 0.4) is 0 Å². The van der Waals surface area contributed by atoms with Gasteiger partial charge in [-0.15, -0.1) is 0 Å². The lowest BCUT2D eigenvalue weighted by molar-refractivity contribution is -0.137. The van der Waals surface area contributed by atoms with Gasteiger partial charge in [-0.25, -0.2) is 0 Å². The Morgan fingerprint density at radius 2 is 2.03 bits per heavy atom. The van der Waals surface area contributed by atoms with E-state index in [0.717, 1.165) is 25.2 Å². The summed E-state index contributed by atoms with van der Waals surface area (Å²) in [5.74, 6) is -0.890. The Bertz CT molecular complexity index is 735. The highest BCUT2D eigenvalue weighted by molar-refractivity contribution is 5.89. The van der Waals surface area contributed by atoms with Crippen LogP contribution in [-0.4, -0.2) is 67.0 Å². The first-order valence-electron chi connectivity index (χ1n) is 9.77. The maximum Gasteiger partial charge on any atom is 0.416 e. The number of benzene rings is 1. The van der Waals surface area contributed by atoms with E-state index in [1.807, 2.05) is 6.92 Å². The van der Waals surface area contributed by atoms with E-state index in [1.165, 1.54) is 11.0 Å². The van der Waals surface area contributed by atoms with E-state index >= 15 is 0 Å². The second-order valence-corrected chi connectivity index (χ2v) is 7.62. The lowest BCUT2D eigenvalue weighted by Gasteiger charge is -2.32. The molecule has 0 bridgehead atoms. The van der Waals surface area contributed by atoms with Crippen LogP contribution in [0.5, 0.6) is 0 Å². The first kappa shape index (κ1) is 21.6. The van der Waals surface area contributed by atoms with Crippen LogP contribution in [0.2, 0.25) is 0 Å². The molecule has 0 saturated carbocycles. The number of rotatable bonds is 6. The first-order chi connectivity index (χ1) is 13.7. The van der Waals surface area contributed by atoms with Gasteiger partial charge in [0.2, 0.25) is 11.8 Å². The number of morpholine rings is 1. The van der Waals surface area contributed by atoms with Crippen LogP contribution in [0.1, 0.15) is 24.5 Å². The summed E-state index contributed by atoms with van der Waals surface area (Å²) in [5, 5.41) is 2.91. The fourth-order valence-electron chi connectivity index (χ4n) is 3.71. The van der Waals surface area contributed by atoms with Gasteiger partial charge >= 0.3 is 6.18 Å². The SMILES string of the molecule is C[C@H](CNC(=O)[C@H]1CC(=O)N(Cc2cccc(C(F)(F)F)c2)C1)N1CCOCC1. The van der Waals surface area contributed by atoms with Gasteiger partial charge in [0.05, 0.1) is 24.7 Å². The molecule has 0 aliphatic carbocycles. The van der Waals surface area contributed by atoms with Crippen molar-refractivity contribution in [3.8, 4) is 0 Å². The van der Waals surface area contributed by atoms with Gasteiger partial charge in [0, 0.05) is 45.2 Å². The topological polar surface area (TPSA) is 61.9 Å². The zero-order chi connectivity index (χ0) is 21.0. The third-order valence-electron chi connectivity index (χ3n) is 5.45. The molecule has 2 aliphatic heterocycles. The number of nitrogens with zero attached hydrogens (tertiary/aromatic N) is 2. The largest absolute Gasteiger partial charge is 0.416 e. The third kappa shape index (κ3) is 5.70. The van der Waals surface area contributed by atoms with Crippen molar-refractivity contribution in [3.63, 3.8) is 0 Å². The van der Waals surface area contributed by atoms with Crippen molar-refractivity contribution in [2.24, 2.45) is 5.92 Å². The highest BCUT2D eigenvalue weighted by Crippen LogP contribution is 2.30. The minimum atomic E-state index is -4.43. The van der Waals surface area contributed by atoms with E-state index < -0.39 is 17.7 Å². The Labute approximate surface area is 168 Å². The molecule has 6 nitrogen and oxygen atoms in total. The molecule has 2 atom stereocenters. The standard InChI is InChI=1S/C20H26F3N3O3/c1-14(25-5-7-29-8-6-25)11-24-19(28)16-10-18(27)26(13-16)12-15-3-2-4-17(9-15)20(21,22)23/h2-4,9,14,16H,5-8,10-13H2,1H3,(H,24,28)/t14-,16+/m1/s1. The van der Waals surface area contributed by atoms with Crippen LogP contribution < -0.4 is 5.32 Å². The Kier molecular flexibility index (Phi) is 6.79. The average molecular weight is 413 g/mol. The van der Waals surface area contributed by atoms with Crippen molar-refractivity contribution in [2.75, 3.05) is 39.4 Å². The molecule has 29 heavy (non-hydrogen) atoms. The fourth-order valence-corrected chi connectivity index (χ4v) is 3.71. The summed E-state index contributed by atoms with van der Waals surface area (Å²) in [6.07, 6.45) is -4.35. The van der Waals surface area contributed by atoms with Crippen LogP contribution in [-0.2, 0) is 27.0 Å². The molecular weight excluding hydrogens is 387 g/mol. The molecule has 0 spiro atoms. The van der Waals surface area contributed by atoms with Gasteiger partial charge < -0.3 is 15.0 Å². The summed E-state index contributed by atoms with van der Waals surface area (Å²) in [7, 11) is 0. The van der Waals surface area contributed by atoms with Crippen LogP contribution in [0.15, 0.2) is 24.3 Å². The molecular formula is C20H26F3N3O3. The maximum atomic E-state index is 12.9. The molecule has 1 N–H and O–H groups in total.